The number of hydrogen-bond acceptors (Lipinski definition) is 10. The van der Waals surface area contributed by atoms with E-state index in [2.05, 4.69) is 34.1 Å². The minimum Gasteiger partial charge on any atom is -0.361 e. The van der Waals surface area contributed by atoms with Gasteiger partial charge in [0.15, 0.2) is 11.0 Å². The van der Waals surface area contributed by atoms with Gasteiger partial charge < -0.3 is 18.2 Å². The van der Waals surface area contributed by atoms with Gasteiger partial charge >= 0.3 is 0 Å². The molecule has 0 aliphatic rings. The zero-order chi connectivity index (χ0) is 40.0. The molecule has 56 heavy (non-hydrogen) atoms. The summed E-state index contributed by atoms with van der Waals surface area (Å²) >= 11 is 0. The van der Waals surface area contributed by atoms with E-state index in [1.807, 2.05) is 110 Å². The van der Waals surface area contributed by atoms with Gasteiger partial charge in [0, 0.05) is 23.3 Å². The molecule has 8 aromatic rings. The highest BCUT2D eigenvalue weighted by molar-refractivity contribution is 5.92. The maximum absolute atomic E-state index is 11.8. The fourth-order valence-electron chi connectivity index (χ4n) is 7.68. The van der Waals surface area contributed by atoms with Crippen molar-refractivity contribution in [2.24, 2.45) is 0 Å². The summed E-state index contributed by atoms with van der Waals surface area (Å²) in [4.78, 5) is 31.9. The Morgan fingerprint density at radius 3 is 1.23 bits per heavy atom. The van der Waals surface area contributed by atoms with E-state index >= 15 is 0 Å². The lowest BCUT2D eigenvalue weighted by Crippen LogP contribution is -2.08. The highest BCUT2D eigenvalue weighted by atomic mass is 16.6. The van der Waals surface area contributed by atoms with Crippen LogP contribution in [0.25, 0.3) is 44.3 Å². The molecular formula is C42H40N8O6. The maximum Gasteiger partial charge on any atom is 0.297 e. The molecule has 2 atom stereocenters. The third-order valence-corrected chi connectivity index (χ3v) is 10.3. The molecule has 8 rings (SSSR count). The monoisotopic (exact) mass is 752 g/mol. The Balaban J connectivity index is 0.000000172. The summed E-state index contributed by atoms with van der Waals surface area (Å²) in [6.07, 6.45) is 0. The van der Waals surface area contributed by atoms with Gasteiger partial charge in [0.05, 0.1) is 44.4 Å². The lowest BCUT2D eigenvalue weighted by atomic mass is 10.0. The van der Waals surface area contributed by atoms with Crippen molar-refractivity contribution in [3.05, 3.63) is 151 Å². The van der Waals surface area contributed by atoms with Crippen molar-refractivity contribution in [2.45, 2.75) is 67.5 Å². The number of nitro benzene ring substituents is 2. The Labute approximate surface area is 321 Å². The van der Waals surface area contributed by atoms with Crippen molar-refractivity contribution in [1.29, 1.82) is 0 Å². The van der Waals surface area contributed by atoms with Gasteiger partial charge in [-0.3, -0.25) is 20.2 Å². The Hall–Kier alpha value is -6.96. The Kier molecular flexibility index (Phi) is 9.81. The minimum absolute atomic E-state index is 0.0189. The zero-order valence-corrected chi connectivity index (χ0v) is 32.3. The molecular weight excluding hydrogens is 713 g/mol. The van der Waals surface area contributed by atoms with Crippen LogP contribution < -0.4 is 0 Å². The molecule has 0 saturated heterocycles. The molecule has 14 nitrogen and oxygen atoms in total. The van der Waals surface area contributed by atoms with Crippen LogP contribution in [0.5, 0.6) is 0 Å². The van der Waals surface area contributed by atoms with Crippen LogP contribution >= 0.6 is 0 Å². The molecule has 0 radical (unpaired) electrons. The Morgan fingerprint density at radius 1 is 0.571 bits per heavy atom. The van der Waals surface area contributed by atoms with E-state index < -0.39 is 0 Å². The number of fused-ring (bicyclic) bond motifs is 2. The summed E-state index contributed by atoms with van der Waals surface area (Å²) in [6, 6.07) is 27.0. The van der Waals surface area contributed by atoms with Gasteiger partial charge in [0.1, 0.15) is 23.2 Å². The van der Waals surface area contributed by atoms with Gasteiger partial charge in [-0.05, 0) is 89.8 Å². The third-order valence-electron chi connectivity index (χ3n) is 10.3. The number of nitrogens with zero attached hydrogens (tertiary/aromatic N) is 8. The van der Waals surface area contributed by atoms with E-state index in [1.165, 1.54) is 0 Å². The predicted octanol–water partition coefficient (Wildman–Crippen LogP) is 10.3. The average molecular weight is 753 g/mol. The summed E-state index contributed by atoms with van der Waals surface area (Å²) in [5.74, 6) is 2.71. The van der Waals surface area contributed by atoms with Crippen molar-refractivity contribution in [2.75, 3.05) is 0 Å². The lowest BCUT2D eigenvalue weighted by Gasteiger charge is -2.17. The number of rotatable bonds is 8. The van der Waals surface area contributed by atoms with Crippen LogP contribution in [-0.4, -0.2) is 39.3 Å². The van der Waals surface area contributed by atoms with Crippen molar-refractivity contribution in [3.63, 3.8) is 0 Å². The summed E-state index contributed by atoms with van der Waals surface area (Å²) in [5.41, 5.74) is 8.77. The third kappa shape index (κ3) is 6.59. The van der Waals surface area contributed by atoms with Gasteiger partial charge in [0.25, 0.3) is 11.4 Å². The van der Waals surface area contributed by atoms with E-state index in [4.69, 9.17) is 9.05 Å². The first-order valence-corrected chi connectivity index (χ1v) is 18.1. The molecule has 0 spiro atoms. The first-order chi connectivity index (χ1) is 26.8. The zero-order valence-electron chi connectivity index (χ0n) is 32.3. The topological polar surface area (TPSA) is 174 Å². The molecule has 14 heteroatoms. The highest BCUT2D eigenvalue weighted by Gasteiger charge is 2.27. The van der Waals surface area contributed by atoms with Gasteiger partial charge in [-0.25, -0.2) is 9.97 Å². The van der Waals surface area contributed by atoms with Gasteiger partial charge in [0.2, 0.25) is 0 Å². The highest BCUT2D eigenvalue weighted by Crippen LogP contribution is 2.39. The van der Waals surface area contributed by atoms with E-state index in [9.17, 15) is 20.2 Å². The molecule has 0 unspecified atom stereocenters. The van der Waals surface area contributed by atoms with Gasteiger partial charge in [-0.1, -0.05) is 71.0 Å². The fourth-order valence-corrected chi connectivity index (χ4v) is 7.68. The van der Waals surface area contributed by atoms with Gasteiger partial charge in [-0.15, -0.1) is 0 Å². The van der Waals surface area contributed by atoms with Crippen LogP contribution in [-0.2, 0) is 0 Å². The summed E-state index contributed by atoms with van der Waals surface area (Å²) < 4.78 is 14.6. The molecule has 0 aliphatic carbocycles. The van der Waals surface area contributed by atoms with Crippen LogP contribution in [0, 0.1) is 61.8 Å². The van der Waals surface area contributed by atoms with Crippen LogP contribution in [0.1, 0.15) is 71.6 Å². The fraction of sp³-hybridized carbons (Fsp3) is 0.238. The van der Waals surface area contributed by atoms with Crippen LogP contribution in [0.2, 0.25) is 0 Å². The summed E-state index contributed by atoms with van der Waals surface area (Å²) in [6.45, 7) is 15.2. The molecule has 0 amide bonds. The Morgan fingerprint density at radius 2 is 0.929 bits per heavy atom. The number of imidazole rings is 2. The summed E-state index contributed by atoms with van der Waals surface area (Å²) in [5, 5.41) is 31.5. The smallest absolute Gasteiger partial charge is 0.297 e. The number of nitro groups is 2. The first-order valence-electron chi connectivity index (χ1n) is 18.1. The second kappa shape index (κ2) is 14.7. The number of aryl methyl sites for hydroxylation is 6. The number of non-ortho nitro benzene ring substituents is 2. The number of hydrogen-bond donors (Lipinski definition) is 0. The van der Waals surface area contributed by atoms with Gasteiger partial charge in [-0.2, -0.15) is 0 Å². The maximum atomic E-state index is 11.8. The van der Waals surface area contributed by atoms with Crippen molar-refractivity contribution >= 4 is 33.4 Å². The molecule has 0 N–H and O–H groups in total. The SMILES string of the molecule is Cc1noc(C)c1-c1cc([N+](=O)[O-])c2nc(C)n([C@@H](C)c3ccccc3)c2c1.Cc1noc(C)c1-c1cc([N+](=O)[O-])c2nc(C)n([C@H](C)c3ccccc3)c2c1. The second-order valence-electron chi connectivity index (χ2n) is 13.9. The first kappa shape index (κ1) is 37.4. The van der Waals surface area contributed by atoms with E-state index in [-0.39, 0.29) is 33.3 Å². The van der Waals surface area contributed by atoms with E-state index in [1.54, 1.807) is 26.0 Å². The normalized spacial score (nSPS) is 12.4. The molecule has 0 fully saturated rings. The molecule has 4 aromatic heterocycles. The van der Waals surface area contributed by atoms with E-state index in [0.29, 0.717) is 45.1 Å². The Bertz CT molecular complexity index is 2530. The van der Waals surface area contributed by atoms with Crippen molar-refractivity contribution in [3.8, 4) is 22.3 Å². The predicted molar refractivity (Wildman–Crippen MR) is 213 cm³/mol. The molecule has 284 valence electrons. The standard InChI is InChI=1S/2C21H20N4O3/c2*1-12-20(14(3)28-23-12)17-10-18-21(19(11-17)25(26)27)22-15(4)24(18)13(2)16-8-6-5-7-9-16/h2*5-11,13H,1-4H3/t2*13-/m10/s1. The van der Waals surface area contributed by atoms with E-state index in [0.717, 1.165) is 44.9 Å². The molecule has 4 heterocycles. The van der Waals surface area contributed by atoms with Crippen LogP contribution in [0.15, 0.2) is 94.0 Å². The number of aromatic nitrogens is 6. The molecule has 4 aromatic carbocycles. The van der Waals surface area contributed by atoms with Crippen molar-refractivity contribution < 1.29 is 18.9 Å². The molecule has 0 aliphatic heterocycles. The quantitative estimate of drug-likeness (QED) is 0.107. The van der Waals surface area contributed by atoms with Crippen molar-refractivity contribution in [1.82, 2.24) is 29.4 Å². The second-order valence-corrected chi connectivity index (χ2v) is 13.9. The van der Waals surface area contributed by atoms with Crippen LogP contribution in [0.3, 0.4) is 0 Å². The number of benzene rings is 4. The summed E-state index contributed by atoms with van der Waals surface area (Å²) in [7, 11) is 0. The molecule has 0 bridgehead atoms. The molecule has 0 saturated carbocycles. The minimum atomic E-state index is -0.381. The van der Waals surface area contributed by atoms with Crippen LogP contribution in [0.4, 0.5) is 11.4 Å². The average Bonchev–Trinajstić information content (AvgIpc) is 3.91. The lowest BCUT2D eigenvalue weighted by molar-refractivity contribution is -0.383. The largest absolute Gasteiger partial charge is 0.361 e.